The predicted molar refractivity (Wildman–Crippen MR) is 68.9 cm³/mol. The first-order valence-electron chi connectivity index (χ1n) is 6.72. The van der Waals surface area contributed by atoms with Crippen molar-refractivity contribution in [2.45, 2.75) is 39.2 Å². The fourth-order valence-electron chi connectivity index (χ4n) is 2.52. The van der Waals surface area contributed by atoms with Crippen LogP contribution in [0.5, 0.6) is 0 Å². The molecule has 4 heteroatoms. The zero-order valence-corrected chi connectivity index (χ0v) is 11.4. The Labute approximate surface area is 105 Å². The van der Waals surface area contributed by atoms with Gasteiger partial charge in [0.25, 0.3) is 0 Å². The molecular formula is C13H26N2O2. The lowest BCUT2D eigenvalue weighted by Gasteiger charge is -2.37. The number of carbonyl (C=O) groups is 1. The van der Waals surface area contributed by atoms with Gasteiger partial charge in [-0.25, -0.2) is 0 Å². The third-order valence-corrected chi connectivity index (χ3v) is 3.43. The van der Waals surface area contributed by atoms with E-state index in [0.29, 0.717) is 18.4 Å². The molecule has 4 nitrogen and oxygen atoms in total. The minimum atomic E-state index is -0.0813. The second kappa shape index (κ2) is 7.67. The van der Waals surface area contributed by atoms with E-state index in [1.165, 1.54) is 7.11 Å². The van der Waals surface area contributed by atoms with Gasteiger partial charge in [0.1, 0.15) is 0 Å². The lowest BCUT2D eigenvalue weighted by atomic mass is 9.91. The molecule has 0 radical (unpaired) electrons. The van der Waals surface area contributed by atoms with E-state index < -0.39 is 0 Å². The number of hydrogen-bond donors (Lipinski definition) is 1. The van der Waals surface area contributed by atoms with E-state index in [4.69, 9.17) is 4.74 Å². The third-order valence-electron chi connectivity index (χ3n) is 3.43. The van der Waals surface area contributed by atoms with Crippen molar-refractivity contribution in [1.82, 2.24) is 10.2 Å². The zero-order chi connectivity index (χ0) is 12.7. The monoisotopic (exact) mass is 242 g/mol. The minimum Gasteiger partial charge on any atom is -0.469 e. The third kappa shape index (κ3) is 5.04. The molecular weight excluding hydrogens is 216 g/mol. The van der Waals surface area contributed by atoms with Crippen LogP contribution in [0.4, 0.5) is 0 Å². The van der Waals surface area contributed by atoms with E-state index in [9.17, 15) is 4.79 Å². The molecule has 2 unspecified atom stereocenters. The van der Waals surface area contributed by atoms with Crippen molar-refractivity contribution in [1.29, 1.82) is 0 Å². The number of nitrogens with one attached hydrogen (secondary N) is 1. The molecule has 1 heterocycles. The van der Waals surface area contributed by atoms with E-state index >= 15 is 0 Å². The molecule has 1 saturated heterocycles. The summed E-state index contributed by atoms with van der Waals surface area (Å²) in [5, 5.41) is 3.56. The Morgan fingerprint density at radius 1 is 1.41 bits per heavy atom. The first-order valence-corrected chi connectivity index (χ1v) is 6.72. The first kappa shape index (κ1) is 14.5. The molecule has 0 aromatic rings. The lowest BCUT2D eigenvalue weighted by molar-refractivity contribution is -0.142. The molecule has 0 spiro atoms. The van der Waals surface area contributed by atoms with Gasteiger partial charge >= 0.3 is 5.97 Å². The van der Waals surface area contributed by atoms with E-state index in [-0.39, 0.29) is 5.97 Å². The van der Waals surface area contributed by atoms with Crippen LogP contribution in [0.1, 0.15) is 33.1 Å². The zero-order valence-electron chi connectivity index (χ0n) is 11.4. The molecule has 2 atom stereocenters. The summed E-state index contributed by atoms with van der Waals surface area (Å²) in [6.45, 7) is 8.61. The second-order valence-corrected chi connectivity index (χ2v) is 4.89. The summed E-state index contributed by atoms with van der Waals surface area (Å²) >= 11 is 0. The molecule has 100 valence electrons. The van der Waals surface area contributed by atoms with Crippen molar-refractivity contribution in [2.24, 2.45) is 5.92 Å². The number of carbonyl (C=O) groups excluding carboxylic acids is 1. The van der Waals surface area contributed by atoms with Gasteiger partial charge in [0.05, 0.1) is 7.11 Å². The highest BCUT2D eigenvalue weighted by molar-refractivity contribution is 5.69. The van der Waals surface area contributed by atoms with E-state index in [1.54, 1.807) is 0 Å². The number of piperidine rings is 1. The van der Waals surface area contributed by atoms with Crippen molar-refractivity contribution >= 4 is 5.97 Å². The summed E-state index contributed by atoms with van der Waals surface area (Å²) < 4.78 is 4.76. The van der Waals surface area contributed by atoms with Gasteiger partial charge in [-0.05, 0) is 31.8 Å². The van der Waals surface area contributed by atoms with Crippen LogP contribution in [-0.2, 0) is 9.53 Å². The van der Waals surface area contributed by atoms with Gasteiger partial charge in [-0.2, -0.15) is 0 Å². The Bertz CT molecular complexity index is 233. The van der Waals surface area contributed by atoms with Crippen LogP contribution in [-0.4, -0.2) is 50.2 Å². The van der Waals surface area contributed by atoms with Gasteiger partial charge in [0.2, 0.25) is 0 Å². The SMILES string of the molecule is CCCNC1CC(CC(=O)OC)CN(CC)C1. The van der Waals surface area contributed by atoms with Crippen molar-refractivity contribution in [3.05, 3.63) is 0 Å². The van der Waals surface area contributed by atoms with Gasteiger partial charge in [0, 0.05) is 25.6 Å². The van der Waals surface area contributed by atoms with Crippen LogP contribution in [0.25, 0.3) is 0 Å². The number of ether oxygens (including phenoxy) is 1. The van der Waals surface area contributed by atoms with Crippen molar-refractivity contribution in [3.8, 4) is 0 Å². The quantitative estimate of drug-likeness (QED) is 0.712. The standard InChI is InChI=1S/C13H26N2O2/c1-4-6-14-12-7-11(8-13(16)17-3)9-15(5-2)10-12/h11-12,14H,4-10H2,1-3H3. The van der Waals surface area contributed by atoms with Gasteiger partial charge in [-0.3, -0.25) is 4.79 Å². The number of esters is 1. The predicted octanol–water partition coefficient (Wildman–Crippen LogP) is 1.26. The van der Waals surface area contributed by atoms with Crippen LogP contribution in [0.15, 0.2) is 0 Å². The Morgan fingerprint density at radius 2 is 2.18 bits per heavy atom. The summed E-state index contributed by atoms with van der Waals surface area (Å²) in [6, 6.07) is 0.526. The lowest BCUT2D eigenvalue weighted by Crippen LogP contribution is -2.49. The van der Waals surface area contributed by atoms with E-state index in [2.05, 4.69) is 24.1 Å². The Balaban J connectivity index is 2.44. The molecule has 0 aromatic carbocycles. The maximum absolute atomic E-state index is 11.3. The molecule has 0 aromatic heterocycles. The molecule has 17 heavy (non-hydrogen) atoms. The fourth-order valence-corrected chi connectivity index (χ4v) is 2.52. The number of methoxy groups -OCH3 is 1. The van der Waals surface area contributed by atoms with E-state index in [0.717, 1.165) is 39.0 Å². The Morgan fingerprint density at radius 3 is 2.76 bits per heavy atom. The Kier molecular flexibility index (Phi) is 6.52. The smallest absolute Gasteiger partial charge is 0.305 e. The second-order valence-electron chi connectivity index (χ2n) is 4.89. The van der Waals surface area contributed by atoms with Crippen molar-refractivity contribution < 1.29 is 9.53 Å². The van der Waals surface area contributed by atoms with Crippen LogP contribution in [0.2, 0.25) is 0 Å². The van der Waals surface area contributed by atoms with Crippen molar-refractivity contribution in [3.63, 3.8) is 0 Å². The summed E-state index contributed by atoms with van der Waals surface area (Å²) in [7, 11) is 1.47. The molecule has 1 aliphatic heterocycles. The summed E-state index contributed by atoms with van der Waals surface area (Å²) in [5.74, 6) is 0.354. The number of rotatable bonds is 6. The topological polar surface area (TPSA) is 41.6 Å². The molecule has 0 amide bonds. The summed E-state index contributed by atoms with van der Waals surface area (Å²) in [6.07, 6.45) is 2.80. The highest BCUT2D eigenvalue weighted by Gasteiger charge is 2.27. The molecule has 1 N–H and O–H groups in total. The number of likely N-dealkylation sites (tertiary alicyclic amines) is 1. The number of likely N-dealkylation sites (N-methyl/N-ethyl adjacent to an activating group) is 1. The molecule has 1 aliphatic rings. The average Bonchev–Trinajstić information content (AvgIpc) is 2.35. The van der Waals surface area contributed by atoms with Gasteiger partial charge in [-0.1, -0.05) is 13.8 Å². The molecule has 0 saturated carbocycles. The van der Waals surface area contributed by atoms with Crippen molar-refractivity contribution in [2.75, 3.05) is 33.3 Å². The molecule has 1 rings (SSSR count). The van der Waals surface area contributed by atoms with Gasteiger partial charge in [-0.15, -0.1) is 0 Å². The molecule has 1 fully saturated rings. The van der Waals surface area contributed by atoms with E-state index in [1.807, 2.05) is 0 Å². The molecule has 0 bridgehead atoms. The summed E-state index contributed by atoms with van der Waals surface area (Å²) in [5.41, 5.74) is 0. The largest absolute Gasteiger partial charge is 0.469 e. The number of nitrogens with zero attached hydrogens (tertiary/aromatic N) is 1. The molecule has 0 aliphatic carbocycles. The highest BCUT2D eigenvalue weighted by Crippen LogP contribution is 2.20. The Hall–Kier alpha value is -0.610. The van der Waals surface area contributed by atoms with Crippen LogP contribution >= 0.6 is 0 Å². The van der Waals surface area contributed by atoms with Gasteiger partial charge < -0.3 is 15.0 Å². The first-order chi connectivity index (χ1) is 8.19. The summed E-state index contributed by atoms with van der Waals surface area (Å²) in [4.78, 5) is 13.8. The minimum absolute atomic E-state index is 0.0813. The highest BCUT2D eigenvalue weighted by atomic mass is 16.5. The maximum atomic E-state index is 11.3. The maximum Gasteiger partial charge on any atom is 0.305 e. The van der Waals surface area contributed by atoms with Crippen LogP contribution in [0, 0.1) is 5.92 Å². The fraction of sp³-hybridized carbons (Fsp3) is 0.923. The van der Waals surface area contributed by atoms with Crippen LogP contribution < -0.4 is 5.32 Å². The van der Waals surface area contributed by atoms with Gasteiger partial charge in [0.15, 0.2) is 0 Å². The number of hydrogen-bond acceptors (Lipinski definition) is 4. The normalized spacial score (nSPS) is 25.8. The van der Waals surface area contributed by atoms with Crippen LogP contribution in [0.3, 0.4) is 0 Å². The average molecular weight is 242 g/mol.